The Labute approximate surface area is 114 Å². The maximum absolute atomic E-state index is 12.3. The molecule has 0 fully saturated rings. The first kappa shape index (κ1) is 15.2. The number of carboxylic acids is 1. The highest BCUT2D eigenvalue weighted by molar-refractivity contribution is 5.97. The molecule has 0 saturated heterocycles. The highest BCUT2D eigenvalue weighted by Crippen LogP contribution is 2.24. The zero-order chi connectivity index (χ0) is 14.8. The van der Waals surface area contributed by atoms with Crippen molar-refractivity contribution in [2.75, 3.05) is 7.05 Å². The lowest BCUT2D eigenvalue weighted by Crippen LogP contribution is -2.43. The molecular weight excluding hydrogens is 242 g/mol. The Morgan fingerprint density at radius 3 is 2.21 bits per heavy atom. The van der Waals surface area contributed by atoms with E-state index in [2.05, 4.69) is 20.8 Å². The SMILES string of the molecule is CC(N(C)C(=O)c1cccc(C(=O)O)c1)C(C)(C)C. The Balaban J connectivity index is 3.01. The van der Waals surface area contributed by atoms with Crippen LogP contribution >= 0.6 is 0 Å². The van der Waals surface area contributed by atoms with Gasteiger partial charge in [0, 0.05) is 18.7 Å². The first-order valence-electron chi connectivity index (χ1n) is 6.25. The average Bonchev–Trinajstić information content (AvgIpc) is 2.35. The molecule has 1 rings (SSSR count). The highest BCUT2D eigenvalue weighted by Gasteiger charge is 2.27. The van der Waals surface area contributed by atoms with E-state index in [-0.39, 0.29) is 22.9 Å². The molecular formula is C15H21NO3. The van der Waals surface area contributed by atoms with Gasteiger partial charge in [0.2, 0.25) is 0 Å². The lowest BCUT2D eigenvalue weighted by atomic mass is 9.87. The molecule has 1 atom stereocenters. The van der Waals surface area contributed by atoms with Crippen molar-refractivity contribution in [1.82, 2.24) is 4.90 Å². The van der Waals surface area contributed by atoms with Crippen LogP contribution in [-0.2, 0) is 0 Å². The molecule has 1 unspecified atom stereocenters. The third kappa shape index (κ3) is 3.56. The van der Waals surface area contributed by atoms with Gasteiger partial charge in [-0.1, -0.05) is 26.8 Å². The molecule has 0 bridgehead atoms. The molecule has 0 radical (unpaired) electrons. The van der Waals surface area contributed by atoms with E-state index in [1.807, 2.05) is 6.92 Å². The second kappa shape index (κ2) is 5.43. The van der Waals surface area contributed by atoms with Gasteiger partial charge in [0.1, 0.15) is 0 Å². The summed E-state index contributed by atoms with van der Waals surface area (Å²) in [6, 6.07) is 6.17. The number of rotatable bonds is 3. The number of benzene rings is 1. The number of nitrogens with zero attached hydrogens (tertiary/aromatic N) is 1. The number of hydrogen-bond acceptors (Lipinski definition) is 2. The zero-order valence-corrected chi connectivity index (χ0v) is 12.1. The fourth-order valence-electron chi connectivity index (χ4n) is 1.75. The summed E-state index contributed by atoms with van der Waals surface area (Å²) in [7, 11) is 1.74. The second-order valence-corrected chi connectivity index (χ2v) is 5.84. The van der Waals surface area contributed by atoms with Gasteiger partial charge < -0.3 is 10.0 Å². The molecule has 1 amide bonds. The third-order valence-electron chi connectivity index (χ3n) is 3.51. The molecule has 0 aliphatic carbocycles. The number of carboxylic acid groups (broad SMARTS) is 1. The molecule has 1 aromatic carbocycles. The molecule has 19 heavy (non-hydrogen) atoms. The summed E-state index contributed by atoms with van der Waals surface area (Å²) in [6.45, 7) is 8.18. The first-order chi connectivity index (χ1) is 8.64. The normalized spacial score (nSPS) is 12.9. The molecule has 0 aliphatic rings. The Hall–Kier alpha value is -1.84. The summed E-state index contributed by atoms with van der Waals surface area (Å²) in [5, 5.41) is 8.94. The summed E-state index contributed by atoms with van der Waals surface area (Å²) < 4.78 is 0. The largest absolute Gasteiger partial charge is 0.478 e. The molecule has 0 spiro atoms. The maximum Gasteiger partial charge on any atom is 0.335 e. The van der Waals surface area contributed by atoms with Crippen LogP contribution in [0.15, 0.2) is 24.3 Å². The van der Waals surface area contributed by atoms with Gasteiger partial charge in [0.25, 0.3) is 5.91 Å². The summed E-state index contributed by atoms with van der Waals surface area (Å²) in [5.74, 6) is -1.19. The first-order valence-corrected chi connectivity index (χ1v) is 6.25. The van der Waals surface area contributed by atoms with Gasteiger partial charge in [0.05, 0.1) is 5.56 Å². The molecule has 0 aromatic heterocycles. The summed E-state index contributed by atoms with van der Waals surface area (Å²) in [4.78, 5) is 24.9. The minimum absolute atomic E-state index is 0.0329. The van der Waals surface area contributed by atoms with Gasteiger partial charge in [-0.25, -0.2) is 4.79 Å². The Bertz CT molecular complexity index is 488. The van der Waals surface area contributed by atoms with Gasteiger partial charge >= 0.3 is 5.97 Å². The van der Waals surface area contributed by atoms with Gasteiger partial charge in [-0.2, -0.15) is 0 Å². The molecule has 0 heterocycles. The topological polar surface area (TPSA) is 57.6 Å². The Morgan fingerprint density at radius 1 is 1.21 bits per heavy atom. The lowest BCUT2D eigenvalue weighted by molar-refractivity contribution is 0.0629. The van der Waals surface area contributed by atoms with Crippen LogP contribution < -0.4 is 0 Å². The van der Waals surface area contributed by atoms with Gasteiger partial charge in [-0.15, -0.1) is 0 Å². The van der Waals surface area contributed by atoms with Crippen LogP contribution in [0.25, 0.3) is 0 Å². The second-order valence-electron chi connectivity index (χ2n) is 5.84. The lowest BCUT2D eigenvalue weighted by Gasteiger charge is -2.35. The fourth-order valence-corrected chi connectivity index (χ4v) is 1.75. The zero-order valence-electron chi connectivity index (χ0n) is 12.1. The Morgan fingerprint density at radius 2 is 1.74 bits per heavy atom. The molecule has 1 aromatic rings. The number of amides is 1. The van der Waals surface area contributed by atoms with E-state index < -0.39 is 5.97 Å². The van der Waals surface area contributed by atoms with Crippen molar-refractivity contribution in [1.29, 1.82) is 0 Å². The van der Waals surface area contributed by atoms with Gasteiger partial charge in [-0.05, 0) is 30.5 Å². The van der Waals surface area contributed by atoms with Crippen LogP contribution in [0.4, 0.5) is 0 Å². The van der Waals surface area contributed by atoms with E-state index in [0.717, 1.165) is 0 Å². The van der Waals surface area contributed by atoms with Crippen LogP contribution in [0.5, 0.6) is 0 Å². The van der Waals surface area contributed by atoms with Gasteiger partial charge in [-0.3, -0.25) is 4.79 Å². The molecule has 4 nitrogen and oxygen atoms in total. The average molecular weight is 263 g/mol. The van der Waals surface area contributed by atoms with Crippen molar-refractivity contribution < 1.29 is 14.7 Å². The quantitative estimate of drug-likeness (QED) is 0.912. The van der Waals surface area contributed by atoms with Crippen molar-refractivity contribution >= 4 is 11.9 Å². The Kier molecular flexibility index (Phi) is 4.35. The smallest absolute Gasteiger partial charge is 0.335 e. The summed E-state index contributed by atoms with van der Waals surface area (Å²) >= 11 is 0. The number of carbonyl (C=O) groups is 2. The van der Waals surface area contributed by atoms with Crippen LogP contribution in [0.3, 0.4) is 0 Å². The number of carbonyl (C=O) groups excluding carboxylic acids is 1. The van der Waals surface area contributed by atoms with Crippen molar-refractivity contribution in [3.05, 3.63) is 35.4 Å². The summed E-state index contributed by atoms with van der Waals surface area (Å²) in [6.07, 6.45) is 0. The molecule has 4 heteroatoms. The predicted molar refractivity (Wildman–Crippen MR) is 74.4 cm³/mol. The van der Waals surface area contributed by atoms with Crippen molar-refractivity contribution in [2.45, 2.75) is 33.7 Å². The number of hydrogen-bond donors (Lipinski definition) is 1. The fraction of sp³-hybridized carbons (Fsp3) is 0.467. The van der Waals surface area contributed by atoms with E-state index in [9.17, 15) is 9.59 Å². The van der Waals surface area contributed by atoms with Crippen LogP contribution in [0.1, 0.15) is 48.4 Å². The van der Waals surface area contributed by atoms with Crippen molar-refractivity contribution in [3.63, 3.8) is 0 Å². The minimum Gasteiger partial charge on any atom is -0.478 e. The van der Waals surface area contributed by atoms with Crippen LogP contribution in [-0.4, -0.2) is 35.0 Å². The van der Waals surface area contributed by atoms with Crippen molar-refractivity contribution in [3.8, 4) is 0 Å². The van der Waals surface area contributed by atoms with E-state index in [1.54, 1.807) is 24.1 Å². The monoisotopic (exact) mass is 263 g/mol. The highest BCUT2D eigenvalue weighted by atomic mass is 16.4. The van der Waals surface area contributed by atoms with E-state index >= 15 is 0 Å². The van der Waals surface area contributed by atoms with Crippen LogP contribution in [0, 0.1) is 5.41 Å². The van der Waals surface area contributed by atoms with E-state index in [4.69, 9.17) is 5.11 Å². The molecule has 104 valence electrons. The molecule has 0 saturated carbocycles. The molecule has 1 N–H and O–H groups in total. The minimum atomic E-state index is -1.03. The van der Waals surface area contributed by atoms with E-state index in [1.165, 1.54) is 12.1 Å². The third-order valence-corrected chi connectivity index (χ3v) is 3.51. The number of aromatic carboxylic acids is 1. The van der Waals surface area contributed by atoms with Gasteiger partial charge in [0.15, 0.2) is 0 Å². The van der Waals surface area contributed by atoms with Crippen LogP contribution in [0.2, 0.25) is 0 Å². The van der Waals surface area contributed by atoms with E-state index in [0.29, 0.717) is 5.56 Å². The molecule has 0 aliphatic heterocycles. The van der Waals surface area contributed by atoms with Crippen molar-refractivity contribution in [2.24, 2.45) is 5.41 Å². The standard InChI is InChI=1S/C15H21NO3/c1-10(15(2,3)4)16(5)13(17)11-7-6-8-12(9-11)14(18)19/h6-10H,1-5H3,(H,18,19). The summed E-state index contributed by atoms with van der Waals surface area (Å²) in [5.41, 5.74) is 0.496. The predicted octanol–water partition coefficient (Wildman–Crippen LogP) is 2.89. The maximum atomic E-state index is 12.3.